The lowest BCUT2D eigenvalue weighted by molar-refractivity contribution is -0.106. The summed E-state index contributed by atoms with van der Waals surface area (Å²) in [7, 11) is -0.999. The van der Waals surface area contributed by atoms with Gasteiger partial charge in [-0.3, -0.25) is 9.46 Å². The van der Waals surface area contributed by atoms with E-state index in [0.717, 1.165) is 33.5 Å². The molecule has 4 rings (SSSR count). The fraction of sp³-hybridized carbons (Fsp3) is 0. The monoisotopic (exact) mass is 355 g/mol. The van der Waals surface area contributed by atoms with Crippen molar-refractivity contribution >= 4 is 41.6 Å². The molecule has 0 saturated heterocycles. The zero-order valence-corrected chi connectivity index (χ0v) is 15.1. The summed E-state index contributed by atoms with van der Waals surface area (Å²) in [5, 5.41) is 4.51. The zero-order valence-electron chi connectivity index (χ0n) is 14.2. The van der Waals surface area contributed by atoms with Crippen molar-refractivity contribution in [2.45, 2.75) is 0 Å². The standard InChI is InChI=1S/C23H18NOP/c25-18-24(23-17-9-11-19-10-7-8-16-22(19)23)26(20-12-3-1-4-13-20)21-14-5-2-6-15-21/h1-18H. The normalized spacial score (nSPS) is 10.8. The third-order valence-corrected chi connectivity index (χ3v) is 6.65. The summed E-state index contributed by atoms with van der Waals surface area (Å²) < 4.78 is 1.89. The number of rotatable bonds is 5. The molecular formula is C23H18NOP. The van der Waals surface area contributed by atoms with Crippen LogP contribution in [0.15, 0.2) is 103 Å². The summed E-state index contributed by atoms with van der Waals surface area (Å²) in [5.74, 6) is 0. The largest absolute Gasteiger partial charge is 0.284 e. The van der Waals surface area contributed by atoms with Crippen molar-refractivity contribution in [2.75, 3.05) is 4.67 Å². The summed E-state index contributed by atoms with van der Waals surface area (Å²) in [5.41, 5.74) is 0.942. The van der Waals surface area contributed by atoms with Gasteiger partial charge in [0, 0.05) is 16.0 Å². The van der Waals surface area contributed by atoms with Crippen molar-refractivity contribution in [3.8, 4) is 0 Å². The van der Waals surface area contributed by atoms with Gasteiger partial charge in [-0.2, -0.15) is 0 Å². The summed E-state index contributed by atoms with van der Waals surface area (Å²) in [6.07, 6.45) is 0.966. The fourth-order valence-corrected chi connectivity index (χ4v) is 5.34. The highest BCUT2D eigenvalue weighted by atomic mass is 31.1. The maximum atomic E-state index is 12.3. The van der Waals surface area contributed by atoms with Crippen molar-refractivity contribution in [1.82, 2.24) is 0 Å². The van der Waals surface area contributed by atoms with E-state index in [1.807, 2.05) is 65.3 Å². The average molecular weight is 355 g/mol. The summed E-state index contributed by atoms with van der Waals surface area (Å²) in [4.78, 5) is 12.3. The Bertz CT molecular complexity index is 973. The van der Waals surface area contributed by atoms with E-state index >= 15 is 0 Å². The smallest absolute Gasteiger partial charge is 0.218 e. The molecule has 3 heteroatoms. The van der Waals surface area contributed by atoms with Crippen LogP contribution in [0.5, 0.6) is 0 Å². The van der Waals surface area contributed by atoms with Gasteiger partial charge in [0.15, 0.2) is 0 Å². The van der Waals surface area contributed by atoms with Crippen LogP contribution in [0.25, 0.3) is 10.8 Å². The molecule has 126 valence electrons. The van der Waals surface area contributed by atoms with E-state index in [-0.39, 0.29) is 0 Å². The molecule has 26 heavy (non-hydrogen) atoms. The van der Waals surface area contributed by atoms with Crippen LogP contribution in [0.1, 0.15) is 0 Å². The van der Waals surface area contributed by atoms with Crippen LogP contribution < -0.4 is 15.3 Å². The van der Waals surface area contributed by atoms with Gasteiger partial charge < -0.3 is 0 Å². The van der Waals surface area contributed by atoms with Crippen molar-refractivity contribution in [1.29, 1.82) is 0 Å². The van der Waals surface area contributed by atoms with E-state index in [4.69, 9.17) is 0 Å². The average Bonchev–Trinajstić information content (AvgIpc) is 2.73. The SMILES string of the molecule is O=CN(c1cccc2ccccc12)P(c1ccccc1)c1ccccc1. The highest BCUT2D eigenvalue weighted by Crippen LogP contribution is 2.43. The molecule has 0 N–H and O–H groups in total. The second kappa shape index (κ2) is 7.51. The van der Waals surface area contributed by atoms with Crippen LogP contribution in [0, 0.1) is 0 Å². The Morgan fingerprint density at radius 3 is 1.77 bits per heavy atom. The first-order valence-corrected chi connectivity index (χ1v) is 9.80. The molecule has 0 bridgehead atoms. The molecule has 0 spiro atoms. The molecule has 2 nitrogen and oxygen atoms in total. The molecule has 0 heterocycles. The van der Waals surface area contributed by atoms with Gasteiger partial charge in [0.05, 0.1) is 13.8 Å². The topological polar surface area (TPSA) is 20.3 Å². The maximum absolute atomic E-state index is 12.3. The van der Waals surface area contributed by atoms with Gasteiger partial charge in [-0.1, -0.05) is 97.1 Å². The lowest BCUT2D eigenvalue weighted by Gasteiger charge is -2.30. The van der Waals surface area contributed by atoms with Gasteiger partial charge in [0.25, 0.3) is 0 Å². The highest BCUT2D eigenvalue weighted by Gasteiger charge is 2.23. The van der Waals surface area contributed by atoms with Crippen LogP contribution in [0.3, 0.4) is 0 Å². The minimum Gasteiger partial charge on any atom is -0.284 e. The number of fused-ring (bicyclic) bond motifs is 1. The Kier molecular flexibility index (Phi) is 4.77. The molecular weight excluding hydrogens is 337 g/mol. The molecule has 0 saturated carbocycles. The predicted molar refractivity (Wildman–Crippen MR) is 112 cm³/mol. The lowest BCUT2D eigenvalue weighted by Crippen LogP contribution is -2.27. The van der Waals surface area contributed by atoms with Gasteiger partial charge in [-0.05, 0) is 11.5 Å². The van der Waals surface area contributed by atoms with Crippen LogP contribution in [-0.2, 0) is 4.79 Å². The molecule has 1 amide bonds. The number of amides is 1. The molecule has 0 radical (unpaired) electrons. The minimum absolute atomic E-state index is 0.942. The van der Waals surface area contributed by atoms with Gasteiger partial charge >= 0.3 is 0 Å². The van der Waals surface area contributed by atoms with E-state index < -0.39 is 8.07 Å². The number of nitrogens with zero attached hydrogens (tertiary/aromatic N) is 1. The molecule has 0 aromatic heterocycles. The van der Waals surface area contributed by atoms with Gasteiger partial charge in [-0.15, -0.1) is 0 Å². The first kappa shape index (κ1) is 16.5. The first-order chi connectivity index (χ1) is 12.9. The highest BCUT2D eigenvalue weighted by molar-refractivity contribution is 7.75. The number of hydrogen-bond donors (Lipinski definition) is 0. The van der Waals surface area contributed by atoms with Gasteiger partial charge in [-0.25, -0.2) is 0 Å². The summed E-state index contributed by atoms with van der Waals surface area (Å²) >= 11 is 0. The fourth-order valence-electron chi connectivity index (χ4n) is 3.16. The van der Waals surface area contributed by atoms with Crippen LogP contribution in [0.2, 0.25) is 0 Å². The Morgan fingerprint density at radius 2 is 1.15 bits per heavy atom. The van der Waals surface area contributed by atoms with Crippen molar-refractivity contribution < 1.29 is 4.79 Å². The van der Waals surface area contributed by atoms with E-state index in [1.54, 1.807) is 0 Å². The Morgan fingerprint density at radius 1 is 0.615 bits per heavy atom. The van der Waals surface area contributed by atoms with Crippen molar-refractivity contribution in [2.24, 2.45) is 0 Å². The van der Waals surface area contributed by atoms with Gasteiger partial charge in [0.1, 0.15) is 0 Å². The molecule has 4 aromatic rings. The lowest BCUT2D eigenvalue weighted by atomic mass is 10.1. The van der Waals surface area contributed by atoms with Gasteiger partial charge in [0.2, 0.25) is 6.41 Å². The van der Waals surface area contributed by atoms with Crippen molar-refractivity contribution in [3.63, 3.8) is 0 Å². The first-order valence-electron chi connectivity index (χ1n) is 8.51. The number of anilines is 1. The molecule has 0 aliphatic heterocycles. The number of hydrogen-bond acceptors (Lipinski definition) is 1. The van der Waals surface area contributed by atoms with Crippen LogP contribution >= 0.6 is 8.07 Å². The third-order valence-electron chi connectivity index (χ3n) is 4.33. The molecule has 0 atom stereocenters. The maximum Gasteiger partial charge on any atom is 0.218 e. The van der Waals surface area contributed by atoms with E-state index in [2.05, 4.69) is 42.5 Å². The zero-order chi connectivity index (χ0) is 17.8. The minimum atomic E-state index is -0.999. The molecule has 0 aliphatic rings. The molecule has 0 aliphatic carbocycles. The summed E-state index contributed by atoms with van der Waals surface area (Å²) in [6, 6.07) is 34.8. The molecule has 0 unspecified atom stereocenters. The quantitative estimate of drug-likeness (QED) is 0.370. The van der Waals surface area contributed by atoms with Crippen molar-refractivity contribution in [3.05, 3.63) is 103 Å². The molecule has 0 fully saturated rings. The predicted octanol–water partition coefficient (Wildman–Crippen LogP) is 4.85. The Labute approximate surface area is 154 Å². The third kappa shape index (κ3) is 3.12. The Hall–Kier alpha value is -2.96. The Balaban J connectivity index is 1.92. The van der Waals surface area contributed by atoms with E-state index in [0.29, 0.717) is 0 Å². The van der Waals surface area contributed by atoms with E-state index in [1.165, 1.54) is 0 Å². The number of benzene rings is 4. The number of carbonyl (C=O) groups is 1. The number of carbonyl (C=O) groups excluding carboxylic acids is 1. The summed E-state index contributed by atoms with van der Waals surface area (Å²) in [6.45, 7) is 0. The van der Waals surface area contributed by atoms with Crippen LogP contribution in [-0.4, -0.2) is 6.41 Å². The second-order valence-corrected chi connectivity index (χ2v) is 8.02. The second-order valence-electron chi connectivity index (χ2n) is 5.93. The van der Waals surface area contributed by atoms with Crippen LogP contribution in [0.4, 0.5) is 5.69 Å². The van der Waals surface area contributed by atoms with E-state index in [9.17, 15) is 4.79 Å². The molecule has 4 aromatic carbocycles.